The Bertz CT molecular complexity index is 1840. The van der Waals surface area contributed by atoms with Gasteiger partial charge in [-0.2, -0.15) is 0 Å². The molecule has 5 aromatic carbocycles. The number of esters is 2. The van der Waals surface area contributed by atoms with E-state index in [-0.39, 0.29) is 48.8 Å². The maximum Gasteiger partial charge on any atom is 0.344 e. The van der Waals surface area contributed by atoms with Crippen molar-refractivity contribution in [2.24, 2.45) is 0 Å². The van der Waals surface area contributed by atoms with Crippen molar-refractivity contribution in [1.29, 1.82) is 0 Å². The molecule has 4 aliphatic carbocycles. The molecule has 0 saturated carbocycles. The fourth-order valence-electron chi connectivity index (χ4n) is 8.97. The minimum Gasteiger partial charge on any atom is -0.481 e. The van der Waals surface area contributed by atoms with Crippen LogP contribution in [0.4, 0.5) is 0 Å². The molecule has 6 heteroatoms. The van der Waals surface area contributed by atoms with Crippen molar-refractivity contribution < 1.29 is 28.5 Å². The lowest BCUT2D eigenvalue weighted by Crippen LogP contribution is -2.21. The van der Waals surface area contributed by atoms with Gasteiger partial charge in [-0.3, -0.25) is 0 Å². The first-order chi connectivity index (χ1) is 22.6. The summed E-state index contributed by atoms with van der Waals surface area (Å²) in [6, 6.07) is 26.3. The van der Waals surface area contributed by atoms with Gasteiger partial charge in [-0.15, -0.1) is 0 Å². The van der Waals surface area contributed by atoms with Gasteiger partial charge >= 0.3 is 11.9 Å². The van der Waals surface area contributed by atoms with Crippen LogP contribution in [0.25, 0.3) is 21.5 Å². The minimum absolute atomic E-state index is 0.0993. The molecular weight excluding hydrogens is 576 g/mol. The van der Waals surface area contributed by atoms with Crippen LogP contribution in [0, 0.1) is 0 Å². The zero-order valence-corrected chi connectivity index (χ0v) is 25.9. The molecule has 0 N–H and O–H groups in total. The van der Waals surface area contributed by atoms with Gasteiger partial charge in [0.1, 0.15) is 11.5 Å². The average Bonchev–Trinajstić information content (AvgIpc) is 3.83. The molecule has 0 spiro atoms. The summed E-state index contributed by atoms with van der Waals surface area (Å²) in [6.07, 6.45) is 1.81. The fourth-order valence-corrected chi connectivity index (χ4v) is 8.97. The van der Waals surface area contributed by atoms with E-state index < -0.39 is 0 Å². The Labute approximate surface area is 267 Å². The van der Waals surface area contributed by atoms with Crippen molar-refractivity contribution in [3.05, 3.63) is 117 Å². The molecule has 0 aromatic heterocycles. The van der Waals surface area contributed by atoms with Gasteiger partial charge in [-0.25, -0.2) is 9.59 Å². The van der Waals surface area contributed by atoms with Gasteiger partial charge in [0, 0.05) is 45.9 Å². The van der Waals surface area contributed by atoms with Crippen LogP contribution in [-0.4, -0.2) is 38.4 Å². The van der Waals surface area contributed by atoms with Crippen LogP contribution < -0.4 is 9.47 Å². The summed E-state index contributed by atoms with van der Waals surface area (Å²) < 4.78 is 23.8. The third kappa shape index (κ3) is 3.88. The molecule has 0 amide bonds. The number of hydrogen-bond acceptors (Lipinski definition) is 6. The molecule has 0 fully saturated rings. The van der Waals surface area contributed by atoms with Crippen LogP contribution in [0.3, 0.4) is 0 Å². The molecule has 46 heavy (non-hydrogen) atoms. The summed E-state index contributed by atoms with van der Waals surface area (Å²) in [4.78, 5) is 25.4. The Kier molecular flexibility index (Phi) is 6.18. The molecule has 230 valence electrons. The number of rotatable bonds is 8. The van der Waals surface area contributed by atoms with E-state index in [2.05, 4.69) is 72.8 Å². The molecule has 6 nitrogen and oxygen atoms in total. The monoisotopic (exact) mass is 610 g/mol. The SMILES string of the molecule is CCOC(=O)COc1c2c(c(OCC(=O)OCC)c3c1C1CC3c3cc4ccccc4cc31)C1CC2c2cc3ccccc3cc21. The van der Waals surface area contributed by atoms with Crippen molar-refractivity contribution in [2.45, 2.75) is 50.4 Å². The third-order valence-corrected chi connectivity index (χ3v) is 10.6. The van der Waals surface area contributed by atoms with Crippen LogP contribution in [0.1, 0.15) is 94.9 Å². The van der Waals surface area contributed by atoms with E-state index in [4.69, 9.17) is 18.9 Å². The van der Waals surface area contributed by atoms with Gasteiger partial charge in [0.2, 0.25) is 0 Å². The van der Waals surface area contributed by atoms with E-state index >= 15 is 0 Å². The van der Waals surface area contributed by atoms with Crippen molar-refractivity contribution in [3.8, 4) is 11.5 Å². The predicted octanol–water partition coefficient (Wildman–Crippen LogP) is 7.84. The van der Waals surface area contributed by atoms with Gasteiger partial charge in [0.15, 0.2) is 13.2 Å². The Hall–Kier alpha value is -4.84. The Morgan fingerprint density at radius 2 is 0.848 bits per heavy atom. The van der Waals surface area contributed by atoms with Gasteiger partial charge in [0.25, 0.3) is 0 Å². The average molecular weight is 611 g/mol. The van der Waals surface area contributed by atoms with Crippen molar-refractivity contribution >= 4 is 33.5 Å². The smallest absolute Gasteiger partial charge is 0.344 e. The van der Waals surface area contributed by atoms with E-state index in [1.165, 1.54) is 43.8 Å². The van der Waals surface area contributed by atoms with Gasteiger partial charge < -0.3 is 18.9 Å². The fraction of sp³-hybridized carbons (Fsp3) is 0.300. The number of hydrogen-bond donors (Lipinski definition) is 0. The maximum absolute atomic E-state index is 12.7. The number of ether oxygens (including phenoxy) is 4. The molecule has 0 heterocycles. The number of fused-ring (bicyclic) bond motifs is 18. The third-order valence-electron chi connectivity index (χ3n) is 10.6. The molecule has 5 aromatic rings. The summed E-state index contributed by atoms with van der Waals surface area (Å²) in [7, 11) is 0. The second kappa shape index (κ2) is 10.3. The summed E-state index contributed by atoms with van der Waals surface area (Å²) >= 11 is 0. The second-order valence-corrected chi connectivity index (χ2v) is 12.8. The van der Waals surface area contributed by atoms with Crippen molar-refractivity contribution in [3.63, 3.8) is 0 Å². The van der Waals surface area contributed by atoms with Crippen LogP contribution in [0.2, 0.25) is 0 Å². The lowest BCUT2D eigenvalue weighted by Gasteiger charge is -2.32. The largest absolute Gasteiger partial charge is 0.481 e. The Balaban J connectivity index is 1.28. The molecule has 4 atom stereocenters. The molecule has 0 saturated heterocycles. The zero-order chi connectivity index (χ0) is 31.1. The van der Waals surface area contributed by atoms with Gasteiger partial charge in [-0.05, 0) is 70.5 Å². The molecule has 4 unspecified atom stereocenters. The number of carbonyl (C=O) groups is 2. The molecule has 9 rings (SSSR count). The van der Waals surface area contributed by atoms with Crippen LogP contribution in [-0.2, 0) is 19.1 Å². The van der Waals surface area contributed by atoms with E-state index in [1.54, 1.807) is 0 Å². The van der Waals surface area contributed by atoms with Crippen LogP contribution in [0.15, 0.2) is 72.8 Å². The highest BCUT2D eigenvalue weighted by Gasteiger charge is 2.53. The molecule has 0 aliphatic heterocycles. The van der Waals surface area contributed by atoms with Gasteiger partial charge in [-0.1, -0.05) is 72.8 Å². The van der Waals surface area contributed by atoms with E-state index in [0.717, 1.165) is 46.6 Å². The summed E-state index contributed by atoms with van der Waals surface area (Å²) in [5, 5.41) is 4.85. The highest BCUT2D eigenvalue weighted by molar-refractivity contribution is 5.89. The standard InChI is InChI=1S/C40H34O6/c1-3-43-33(41)19-45-39-35-29-17-31(27-15-23-11-7-5-9-21(23)13-25(27)29)37(35)40(46-20-34(42)44-4-2)38-32-18-30(36(38)39)26-14-22-10-6-8-12-24(22)16-28(26)32/h5-16,29-32H,3-4,17-20H2,1-2H3. The Morgan fingerprint density at radius 1 is 0.543 bits per heavy atom. The van der Waals surface area contributed by atoms with Crippen molar-refractivity contribution in [1.82, 2.24) is 0 Å². The summed E-state index contributed by atoms with van der Waals surface area (Å²) in [6.45, 7) is 3.91. The first-order valence-electron chi connectivity index (χ1n) is 16.4. The zero-order valence-electron chi connectivity index (χ0n) is 25.9. The Morgan fingerprint density at radius 3 is 1.13 bits per heavy atom. The lowest BCUT2D eigenvalue weighted by molar-refractivity contribution is -0.146. The van der Waals surface area contributed by atoms with Gasteiger partial charge in [0.05, 0.1) is 13.2 Å². The van der Waals surface area contributed by atoms with Crippen LogP contribution in [0.5, 0.6) is 11.5 Å². The first kappa shape index (κ1) is 27.5. The van der Waals surface area contributed by atoms with E-state index in [9.17, 15) is 9.59 Å². The quantitative estimate of drug-likeness (QED) is 0.167. The van der Waals surface area contributed by atoms with Crippen molar-refractivity contribution in [2.75, 3.05) is 26.4 Å². The number of benzene rings is 5. The first-order valence-corrected chi connectivity index (χ1v) is 16.4. The number of carbonyl (C=O) groups excluding carboxylic acids is 2. The molecular formula is C40H34O6. The second-order valence-electron chi connectivity index (χ2n) is 12.8. The topological polar surface area (TPSA) is 71.1 Å². The van der Waals surface area contributed by atoms with E-state index in [1.807, 2.05) is 13.8 Å². The summed E-state index contributed by atoms with van der Waals surface area (Å²) in [5.74, 6) is 1.25. The predicted molar refractivity (Wildman–Crippen MR) is 175 cm³/mol. The highest BCUT2D eigenvalue weighted by atomic mass is 16.6. The minimum atomic E-state index is -0.378. The molecule has 0 radical (unpaired) electrons. The normalized spacial score (nSPS) is 20.7. The van der Waals surface area contributed by atoms with E-state index in [0.29, 0.717) is 13.2 Å². The summed E-state index contributed by atoms with van der Waals surface area (Å²) in [5.41, 5.74) is 9.64. The molecule has 4 bridgehead atoms. The maximum atomic E-state index is 12.7. The molecule has 4 aliphatic rings. The highest BCUT2D eigenvalue weighted by Crippen LogP contribution is 2.69. The lowest BCUT2D eigenvalue weighted by atomic mass is 9.76. The van der Waals surface area contributed by atoms with Crippen LogP contribution >= 0.6 is 0 Å².